The Morgan fingerprint density at radius 1 is 1.05 bits per heavy atom. The first-order chi connectivity index (χ1) is 10.8. The molecular weight excluding hydrogens is 280 g/mol. The fraction of sp³-hybridized carbons (Fsp3) is 0.0667. The molecular formula is C15H12N6O. The third-order valence-electron chi connectivity index (χ3n) is 3.42. The predicted octanol–water partition coefficient (Wildman–Crippen LogP) is 1.81. The number of H-pyrrole nitrogens is 1. The van der Waals surface area contributed by atoms with Gasteiger partial charge in [-0.3, -0.25) is 5.10 Å². The van der Waals surface area contributed by atoms with Gasteiger partial charge in [0.05, 0.1) is 11.9 Å². The molecule has 4 rings (SSSR count). The zero-order valence-electron chi connectivity index (χ0n) is 11.5. The number of phenols is 1. The molecule has 0 amide bonds. The van der Waals surface area contributed by atoms with Crippen LogP contribution in [0.2, 0.25) is 0 Å². The SMILES string of the molecule is Oc1ccc(Cc2nnc3ccc(-c4cn[nH]c4)nn23)cc1. The average Bonchev–Trinajstić information content (AvgIpc) is 3.19. The van der Waals surface area contributed by atoms with Crippen molar-refractivity contribution in [1.29, 1.82) is 0 Å². The Hall–Kier alpha value is -3.22. The number of aromatic nitrogens is 6. The standard InChI is InChI=1S/C15H12N6O/c22-12-3-1-10(2-4-12)7-15-19-18-14-6-5-13(20-21(14)15)11-8-16-17-9-11/h1-6,8-9,22H,7H2,(H,16,17). The highest BCUT2D eigenvalue weighted by Crippen LogP contribution is 2.17. The van der Waals surface area contributed by atoms with Crippen LogP contribution in [0.4, 0.5) is 0 Å². The van der Waals surface area contributed by atoms with Crippen molar-refractivity contribution in [3.8, 4) is 17.0 Å². The summed E-state index contributed by atoms with van der Waals surface area (Å²) in [5.74, 6) is 0.987. The number of rotatable bonds is 3. The lowest BCUT2D eigenvalue weighted by atomic mass is 10.1. The Morgan fingerprint density at radius 2 is 1.91 bits per heavy atom. The van der Waals surface area contributed by atoms with Crippen molar-refractivity contribution in [1.82, 2.24) is 30.0 Å². The Kier molecular flexibility index (Phi) is 2.82. The molecule has 0 bridgehead atoms. The first kappa shape index (κ1) is 12.5. The van der Waals surface area contributed by atoms with Crippen molar-refractivity contribution < 1.29 is 5.11 Å². The largest absolute Gasteiger partial charge is 0.508 e. The monoisotopic (exact) mass is 292 g/mol. The van der Waals surface area contributed by atoms with E-state index < -0.39 is 0 Å². The topological polar surface area (TPSA) is 92.0 Å². The van der Waals surface area contributed by atoms with Crippen LogP contribution in [0.15, 0.2) is 48.8 Å². The van der Waals surface area contributed by atoms with Crippen LogP contribution >= 0.6 is 0 Å². The Balaban J connectivity index is 1.74. The number of hydrogen-bond donors (Lipinski definition) is 2. The Bertz CT molecular complexity index is 911. The van der Waals surface area contributed by atoms with Crippen LogP contribution < -0.4 is 0 Å². The third kappa shape index (κ3) is 2.18. The van der Waals surface area contributed by atoms with Crippen LogP contribution in [0.25, 0.3) is 16.9 Å². The van der Waals surface area contributed by atoms with E-state index in [4.69, 9.17) is 0 Å². The van der Waals surface area contributed by atoms with E-state index in [0.717, 1.165) is 22.6 Å². The molecule has 7 nitrogen and oxygen atoms in total. The van der Waals surface area contributed by atoms with Gasteiger partial charge in [0.1, 0.15) is 5.75 Å². The summed E-state index contributed by atoms with van der Waals surface area (Å²) in [6.45, 7) is 0. The van der Waals surface area contributed by atoms with E-state index in [1.54, 1.807) is 29.0 Å². The molecule has 0 saturated carbocycles. The Labute approximate surface area is 125 Å². The van der Waals surface area contributed by atoms with Gasteiger partial charge in [-0.25, -0.2) is 0 Å². The molecule has 0 atom stereocenters. The smallest absolute Gasteiger partial charge is 0.177 e. The lowest BCUT2D eigenvalue weighted by molar-refractivity contribution is 0.475. The molecule has 0 aliphatic heterocycles. The van der Waals surface area contributed by atoms with Gasteiger partial charge < -0.3 is 5.11 Å². The minimum atomic E-state index is 0.246. The van der Waals surface area contributed by atoms with E-state index in [0.29, 0.717) is 12.1 Å². The number of nitrogens with zero attached hydrogens (tertiary/aromatic N) is 5. The van der Waals surface area contributed by atoms with Crippen LogP contribution in [0, 0.1) is 0 Å². The zero-order chi connectivity index (χ0) is 14.9. The van der Waals surface area contributed by atoms with Crippen LogP contribution in [0.5, 0.6) is 5.75 Å². The van der Waals surface area contributed by atoms with Crippen LogP contribution in [0.3, 0.4) is 0 Å². The van der Waals surface area contributed by atoms with Crippen molar-refractivity contribution in [2.24, 2.45) is 0 Å². The fourth-order valence-electron chi connectivity index (χ4n) is 2.28. The van der Waals surface area contributed by atoms with Gasteiger partial charge in [0.15, 0.2) is 11.5 Å². The summed E-state index contributed by atoms with van der Waals surface area (Å²) in [7, 11) is 0. The van der Waals surface area contributed by atoms with Crippen LogP contribution in [-0.4, -0.2) is 35.1 Å². The predicted molar refractivity (Wildman–Crippen MR) is 79.3 cm³/mol. The Morgan fingerprint density at radius 3 is 2.68 bits per heavy atom. The van der Waals surface area contributed by atoms with Gasteiger partial charge >= 0.3 is 0 Å². The highest BCUT2D eigenvalue weighted by atomic mass is 16.3. The zero-order valence-corrected chi connectivity index (χ0v) is 11.5. The van der Waals surface area contributed by atoms with E-state index in [-0.39, 0.29) is 5.75 Å². The number of fused-ring (bicyclic) bond motifs is 1. The molecule has 108 valence electrons. The number of aromatic hydroxyl groups is 1. The van der Waals surface area contributed by atoms with Crippen molar-refractivity contribution in [2.45, 2.75) is 6.42 Å². The maximum atomic E-state index is 9.34. The van der Waals surface area contributed by atoms with Gasteiger partial charge in [0.2, 0.25) is 0 Å². The summed E-state index contributed by atoms with van der Waals surface area (Å²) >= 11 is 0. The molecule has 0 saturated heterocycles. The van der Waals surface area contributed by atoms with E-state index in [9.17, 15) is 5.11 Å². The second-order valence-electron chi connectivity index (χ2n) is 4.94. The number of benzene rings is 1. The summed E-state index contributed by atoms with van der Waals surface area (Å²) in [6.07, 6.45) is 4.10. The van der Waals surface area contributed by atoms with Crippen molar-refractivity contribution in [2.75, 3.05) is 0 Å². The van der Waals surface area contributed by atoms with Crippen LogP contribution in [0.1, 0.15) is 11.4 Å². The molecule has 0 unspecified atom stereocenters. The fourth-order valence-corrected chi connectivity index (χ4v) is 2.28. The molecule has 1 aromatic carbocycles. The number of hydrogen-bond acceptors (Lipinski definition) is 5. The minimum Gasteiger partial charge on any atom is -0.508 e. The van der Waals surface area contributed by atoms with Gasteiger partial charge in [0.25, 0.3) is 0 Å². The molecule has 0 fully saturated rings. The number of phenolic OH excluding ortho intramolecular Hbond substituents is 1. The van der Waals surface area contributed by atoms with E-state index in [2.05, 4.69) is 25.5 Å². The number of nitrogens with one attached hydrogen (secondary N) is 1. The van der Waals surface area contributed by atoms with Crippen molar-refractivity contribution in [3.05, 3.63) is 60.2 Å². The van der Waals surface area contributed by atoms with Gasteiger partial charge in [0, 0.05) is 18.2 Å². The molecule has 22 heavy (non-hydrogen) atoms. The van der Waals surface area contributed by atoms with Gasteiger partial charge in [-0.15, -0.1) is 10.2 Å². The second kappa shape index (κ2) is 4.96. The normalized spacial score (nSPS) is 11.1. The molecule has 0 spiro atoms. The van der Waals surface area contributed by atoms with Gasteiger partial charge in [-0.1, -0.05) is 12.1 Å². The second-order valence-corrected chi connectivity index (χ2v) is 4.94. The van der Waals surface area contributed by atoms with E-state index in [1.165, 1.54) is 0 Å². The van der Waals surface area contributed by atoms with Gasteiger partial charge in [-0.05, 0) is 29.8 Å². The summed E-state index contributed by atoms with van der Waals surface area (Å²) in [4.78, 5) is 0. The third-order valence-corrected chi connectivity index (χ3v) is 3.42. The maximum Gasteiger partial charge on any atom is 0.177 e. The van der Waals surface area contributed by atoms with E-state index >= 15 is 0 Å². The highest BCUT2D eigenvalue weighted by Gasteiger charge is 2.10. The average molecular weight is 292 g/mol. The minimum absolute atomic E-state index is 0.246. The molecule has 0 aliphatic carbocycles. The molecule has 0 radical (unpaired) electrons. The lowest BCUT2D eigenvalue weighted by Gasteiger charge is -2.02. The lowest BCUT2D eigenvalue weighted by Crippen LogP contribution is -2.01. The quantitative estimate of drug-likeness (QED) is 0.601. The van der Waals surface area contributed by atoms with Crippen molar-refractivity contribution >= 4 is 5.65 Å². The maximum absolute atomic E-state index is 9.34. The summed E-state index contributed by atoms with van der Waals surface area (Å²) in [5.41, 5.74) is 3.43. The first-order valence-corrected chi connectivity index (χ1v) is 6.78. The molecule has 3 aromatic heterocycles. The first-order valence-electron chi connectivity index (χ1n) is 6.78. The number of aromatic amines is 1. The van der Waals surface area contributed by atoms with E-state index in [1.807, 2.05) is 24.3 Å². The van der Waals surface area contributed by atoms with Gasteiger partial charge in [-0.2, -0.15) is 14.7 Å². The summed E-state index contributed by atoms with van der Waals surface area (Å²) < 4.78 is 1.73. The van der Waals surface area contributed by atoms with Crippen LogP contribution in [-0.2, 0) is 6.42 Å². The molecule has 0 aliphatic rings. The molecule has 2 N–H and O–H groups in total. The molecule has 4 aromatic rings. The summed E-state index contributed by atoms with van der Waals surface area (Å²) in [6, 6.07) is 10.8. The highest BCUT2D eigenvalue weighted by molar-refractivity contribution is 5.58. The summed E-state index contributed by atoms with van der Waals surface area (Å²) in [5, 5.41) is 29.0. The molecule has 7 heteroatoms. The van der Waals surface area contributed by atoms with Crippen molar-refractivity contribution in [3.63, 3.8) is 0 Å². The molecule has 3 heterocycles.